The Balaban J connectivity index is 4.44. The molecule has 80 heavy (non-hydrogen) atoms. The first-order chi connectivity index (χ1) is 39.5. The largest absolute Gasteiger partial charge is 0.462 e. The Morgan fingerprint density at radius 2 is 0.487 bits per heavy atom. The number of allylic oxidation sites excluding steroid dienone is 28. The molecule has 1 unspecified atom stereocenters. The molecule has 0 saturated heterocycles. The van der Waals surface area contributed by atoms with Crippen LogP contribution >= 0.6 is 0 Å². The van der Waals surface area contributed by atoms with E-state index in [-0.39, 0.29) is 31.1 Å². The minimum Gasteiger partial charge on any atom is -0.462 e. The SMILES string of the molecule is CC/C=C\C/C=C\C/C=C\C/C=C\C/C=C\C/C=C\C/C=C\C/C=C\CCCCCCC(=O)OCC(COC(=O)CCCCCCC/C=C\CCCCC)OC(=O)CCCCCCC/C=C\C/C=C\C/C=C\C/C=C\C/C=C\CC. The molecule has 0 rings (SSSR count). The lowest BCUT2D eigenvalue weighted by Gasteiger charge is -2.18. The summed E-state index contributed by atoms with van der Waals surface area (Å²) in [6.45, 7) is 6.33. The molecule has 0 aromatic heterocycles. The molecular weight excluding hydrogens is 985 g/mol. The number of carbonyl (C=O) groups excluding carboxylic acids is 3. The summed E-state index contributed by atoms with van der Waals surface area (Å²) in [4.78, 5) is 38.3. The van der Waals surface area contributed by atoms with E-state index in [1.807, 2.05) is 0 Å². The van der Waals surface area contributed by atoms with Gasteiger partial charge in [-0.15, -0.1) is 0 Å². The van der Waals surface area contributed by atoms with Crippen LogP contribution in [-0.4, -0.2) is 37.2 Å². The average Bonchev–Trinajstić information content (AvgIpc) is 3.46. The van der Waals surface area contributed by atoms with Gasteiger partial charge in [-0.1, -0.05) is 255 Å². The highest BCUT2D eigenvalue weighted by Gasteiger charge is 2.19. The molecule has 1 atom stereocenters. The normalized spacial score (nSPS) is 13.3. The third-order valence-corrected chi connectivity index (χ3v) is 12.9. The van der Waals surface area contributed by atoms with E-state index >= 15 is 0 Å². The highest BCUT2D eigenvalue weighted by Crippen LogP contribution is 2.13. The van der Waals surface area contributed by atoms with Crippen molar-refractivity contribution < 1.29 is 28.6 Å². The van der Waals surface area contributed by atoms with E-state index in [1.165, 1.54) is 32.1 Å². The Morgan fingerprint density at radius 1 is 0.263 bits per heavy atom. The first-order valence-corrected chi connectivity index (χ1v) is 32.1. The number of rotatable bonds is 56. The van der Waals surface area contributed by atoms with Crippen molar-refractivity contribution in [1.29, 1.82) is 0 Å². The van der Waals surface area contributed by atoms with Crippen LogP contribution in [0.25, 0.3) is 0 Å². The van der Waals surface area contributed by atoms with Crippen molar-refractivity contribution in [3.05, 3.63) is 170 Å². The number of hydrogen-bond donors (Lipinski definition) is 0. The van der Waals surface area contributed by atoms with Gasteiger partial charge in [0.05, 0.1) is 0 Å². The van der Waals surface area contributed by atoms with E-state index < -0.39 is 6.10 Å². The Kier molecular flexibility index (Phi) is 61.9. The van der Waals surface area contributed by atoms with Crippen LogP contribution in [0, 0.1) is 0 Å². The quantitative estimate of drug-likeness (QED) is 0.0261. The van der Waals surface area contributed by atoms with E-state index in [9.17, 15) is 14.4 Å². The van der Waals surface area contributed by atoms with Gasteiger partial charge in [-0.25, -0.2) is 0 Å². The highest BCUT2D eigenvalue weighted by atomic mass is 16.6. The van der Waals surface area contributed by atoms with Crippen LogP contribution in [0.1, 0.15) is 258 Å². The molecule has 0 amide bonds. The Bertz CT molecular complexity index is 1840. The molecule has 448 valence electrons. The summed E-state index contributed by atoms with van der Waals surface area (Å²) >= 11 is 0. The summed E-state index contributed by atoms with van der Waals surface area (Å²) in [7, 11) is 0. The predicted octanol–water partition coefficient (Wildman–Crippen LogP) is 22.3. The number of unbranched alkanes of at least 4 members (excludes halogenated alkanes) is 17. The highest BCUT2D eigenvalue weighted by molar-refractivity contribution is 5.71. The van der Waals surface area contributed by atoms with Crippen molar-refractivity contribution in [3.8, 4) is 0 Å². The molecule has 0 heterocycles. The smallest absolute Gasteiger partial charge is 0.306 e. The lowest BCUT2D eigenvalue weighted by molar-refractivity contribution is -0.167. The third kappa shape index (κ3) is 63.6. The molecule has 0 bridgehead atoms. The van der Waals surface area contributed by atoms with Crippen molar-refractivity contribution in [2.24, 2.45) is 0 Å². The summed E-state index contributed by atoms with van der Waals surface area (Å²) in [6, 6.07) is 0. The molecule has 0 aromatic rings. The van der Waals surface area contributed by atoms with E-state index in [4.69, 9.17) is 14.2 Å². The maximum absolute atomic E-state index is 12.9. The van der Waals surface area contributed by atoms with Gasteiger partial charge in [0.25, 0.3) is 0 Å². The summed E-state index contributed by atoms with van der Waals surface area (Å²) in [6.07, 6.45) is 97.8. The van der Waals surface area contributed by atoms with Gasteiger partial charge in [0.15, 0.2) is 6.10 Å². The molecule has 0 aliphatic rings. The summed E-state index contributed by atoms with van der Waals surface area (Å²) in [5.74, 6) is -0.965. The van der Waals surface area contributed by atoms with Crippen LogP contribution in [0.3, 0.4) is 0 Å². The standard InChI is InChI=1S/C74H116O6/c1-4-7-10-13-16-19-22-25-27-29-31-33-34-35-36-37-38-39-40-42-43-45-47-49-52-55-58-61-64-67-73(76)79-70-71(69-78-72(75)66-63-60-57-54-51-24-21-18-15-12-9-6-3)80-74(77)68-65-62-59-56-53-50-48-46-44-41-32-30-28-26-23-20-17-14-11-8-5-2/h7-8,10-11,16-21,25-28,31-33,35-36,38-39,41-43,46-49,71H,4-6,9,12-15,22-24,29-30,34,37,40,44-45,50-70H2,1-3H3/b10-7-,11-8-,19-16-,20-17-,21-18-,27-25-,28-26-,33-31-,36-35-,39-38-,41-32-,43-42-,48-46-,49-47-. The second kappa shape index (κ2) is 66.3. The van der Waals surface area contributed by atoms with Gasteiger partial charge in [0, 0.05) is 19.3 Å². The van der Waals surface area contributed by atoms with Crippen molar-refractivity contribution in [2.45, 2.75) is 264 Å². The van der Waals surface area contributed by atoms with Gasteiger partial charge in [0.1, 0.15) is 13.2 Å². The molecule has 0 N–H and O–H groups in total. The van der Waals surface area contributed by atoms with Gasteiger partial charge in [-0.05, 0) is 154 Å². The minimum atomic E-state index is -0.813. The first kappa shape index (κ1) is 74.8. The van der Waals surface area contributed by atoms with E-state index in [0.717, 1.165) is 186 Å². The molecule has 0 aromatic carbocycles. The van der Waals surface area contributed by atoms with Crippen LogP contribution in [-0.2, 0) is 28.6 Å². The molecule has 0 aliphatic heterocycles. The second-order valence-electron chi connectivity index (χ2n) is 20.5. The number of carbonyl (C=O) groups is 3. The maximum Gasteiger partial charge on any atom is 0.306 e. The van der Waals surface area contributed by atoms with Gasteiger partial charge < -0.3 is 14.2 Å². The fraction of sp³-hybridized carbons (Fsp3) is 0.581. The van der Waals surface area contributed by atoms with E-state index in [0.29, 0.717) is 19.3 Å². The van der Waals surface area contributed by atoms with Crippen LogP contribution in [0.15, 0.2) is 170 Å². The van der Waals surface area contributed by atoms with Crippen molar-refractivity contribution in [3.63, 3.8) is 0 Å². The van der Waals surface area contributed by atoms with Gasteiger partial charge >= 0.3 is 17.9 Å². The fourth-order valence-corrected chi connectivity index (χ4v) is 8.18. The van der Waals surface area contributed by atoms with Crippen molar-refractivity contribution in [1.82, 2.24) is 0 Å². The van der Waals surface area contributed by atoms with Crippen LogP contribution < -0.4 is 0 Å². The van der Waals surface area contributed by atoms with Crippen LogP contribution in [0.5, 0.6) is 0 Å². The van der Waals surface area contributed by atoms with Crippen LogP contribution in [0.4, 0.5) is 0 Å². The third-order valence-electron chi connectivity index (χ3n) is 12.9. The Labute approximate surface area is 492 Å². The average molecular weight is 1100 g/mol. The zero-order valence-electron chi connectivity index (χ0n) is 51.3. The van der Waals surface area contributed by atoms with Gasteiger partial charge in [-0.3, -0.25) is 14.4 Å². The van der Waals surface area contributed by atoms with Crippen molar-refractivity contribution in [2.75, 3.05) is 13.2 Å². The molecule has 6 nitrogen and oxygen atoms in total. The molecule has 6 heteroatoms. The number of hydrogen-bond acceptors (Lipinski definition) is 6. The Hall–Kier alpha value is -5.23. The topological polar surface area (TPSA) is 78.9 Å². The number of esters is 3. The maximum atomic E-state index is 12.9. The molecule has 0 fully saturated rings. The minimum absolute atomic E-state index is 0.106. The van der Waals surface area contributed by atoms with Crippen molar-refractivity contribution >= 4 is 17.9 Å². The molecule has 0 spiro atoms. The second-order valence-corrected chi connectivity index (χ2v) is 20.5. The lowest BCUT2D eigenvalue weighted by atomic mass is 10.1. The zero-order chi connectivity index (χ0) is 57.8. The van der Waals surface area contributed by atoms with Crippen LogP contribution in [0.2, 0.25) is 0 Å². The molecule has 0 aliphatic carbocycles. The van der Waals surface area contributed by atoms with Gasteiger partial charge in [0.2, 0.25) is 0 Å². The monoisotopic (exact) mass is 1100 g/mol. The van der Waals surface area contributed by atoms with E-state index in [1.54, 1.807) is 0 Å². The Morgan fingerprint density at radius 3 is 0.775 bits per heavy atom. The molecule has 0 saturated carbocycles. The summed E-state index contributed by atoms with van der Waals surface area (Å²) < 4.78 is 16.9. The number of ether oxygens (including phenoxy) is 3. The molecular formula is C74H116O6. The summed E-state index contributed by atoms with van der Waals surface area (Å²) in [5.41, 5.74) is 0. The molecule has 0 radical (unpaired) electrons. The lowest BCUT2D eigenvalue weighted by Crippen LogP contribution is -2.30. The predicted molar refractivity (Wildman–Crippen MR) is 348 cm³/mol. The van der Waals surface area contributed by atoms with Gasteiger partial charge in [-0.2, -0.15) is 0 Å². The summed E-state index contributed by atoms with van der Waals surface area (Å²) in [5, 5.41) is 0. The zero-order valence-corrected chi connectivity index (χ0v) is 51.3. The fourth-order valence-electron chi connectivity index (χ4n) is 8.18. The first-order valence-electron chi connectivity index (χ1n) is 32.1. The van der Waals surface area contributed by atoms with E-state index in [2.05, 4.69) is 191 Å².